The summed E-state index contributed by atoms with van der Waals surface area (Å²) in [6, 6.07) is 0. The van der Waals surface area contributed by atoms with Gasteiger partial charge in [0.25, 0.3) is 0 Å². The van der Waals surface area contributed by atoms with Gasteiger partial charge in [-0.1, -0.05) is 36.4 Å². The van der Waals surface area contributed by atoms with Gasteiger partial charge in [-0.3, -0.25) is 0 Å². The van der Waals surface area contributed by atoms with Gasteiger partial charge < -0.3 is 0 Å². The number of hydrogen-bond acceptors (Lipinski definition) is 0. The van der Waals surface area contributed by atoms with Crippen molar-refractivity contribution in [2.24, 2.45) is 0 Å². The molecule has 0 saturated heterocycles. The average molecular weight is 1640 g/mol. The molecule has 0 amide bonds. The summed E-state index contributed by atoms with van der Waals surface area (Å²) < 4.78 is 612. The van der Waals surface area contributed by atoms with Gasteiger partial charge in [0.05, 0.1) is 0 Å². The van der Waals surface area contributed by atoms with Gasteiger partial charge in [0.1, 0.15) is 61.1 Å². The van der Waals surface area contributed by atoms with Gasteiger partial charge >= 0.3 is 0 Å². The van der Waals surface area contributed by atoms with Gasteiger partial charge in [-0.05, 0) is 26.7 Å². The molecular weight excluding hydrogens is 1610 g/mol. The van der Waals surface area contributed by atoms with Crippen LogP contribution in [0, 0.1) is 233 Å². The Morgan fingerprint density at radius 3 is 0.444 bits per heavy atom. The van der Waals surface area contributed by atoms with Crippen molar-refractivity contribution in [3.05, 3.63) is 278 Å². The Kier molecular flexibility index (Phi) is 22.1. The van der Waals surface area contributed by atoms with Crippen molar-refractivity contribution < 1.29 is 176 Å². The van der Waals surface area contributed by atoms with E-state index in [-0.39, 0.29) is 24.1 Å². The highest BCUT2D eigenvalue weighted by Crippen LogP contribution is 2.79. The second-order valence-corrected chi connectivity index (χ2v) is 29.7. The van der Waals surface area contributed by atoms with Crippen molar-refractivity contribution in [1.82, 2.24) is 0 Å². The minimum Gasteiger partial charge on any atom is -0.207 e. The molecule has 0 nitrogen and oxygen atoms in total. The number of halogens is 40. The van der Waals surface area contributed by atoms with Gasteiger partial charge in [-0.15, -0.1) is 21.9 Å². The first-order valence-corrected chi connectivity index (χ1v) is 32.8. The number of hydrogen-bond donors (Lipinski definition) is 0. The van der Waals surface area contributed by atoms with Crippen LogP contribution in [0.1, 0.15) is 53.4 Å². The molecule has 0 aliphatic carbocycles. The van der Waals surface area contributed by atoms with Gasteiger partial charge in [-0.2, -0.15) is 47.1 Å². The van der Waals surface area contributed by atoms with Gasteiger partial charge in [0.2, 0.25) is 116 Å². The Hall–Kier alpha value is -9.09. The molecule has 8 aromatic rings. The van der Waals surface area contributed by atoms with E-state index < -0.39 is 349 Å². The molecule has 10 rings (SSSR count). The van der Waals surface area contributed by atoms with Crippen molar-refractivity contribution in [3.8, 4) is 0 Å². The van der Waals surface area contributed by atoms with E-state index in [1.807, 2.05) is 0 Å². The highest BCUT2D eigenvalue weighted by Gasteiger charge is 2.69. The van der Waals surface area contributed by atoms with Crippen molar-refractivity contribution in [3.63, 3.8) is 0 Å². The first kappa shape index (κ1) is 83.0. The molecule has 0 saturated carbocycles. The second-order valence-electron chi connectivity index (χ2n) is 23.1. The molecule has 0 N–H and O–H groups in total. The summed E-state index contributed by atoms with van der Waals surface area (Å²) >= 11 is 0. The van der Waals surface area contributed by atoms with Crippen molar-refractivity contribution in [2.45, 2.75) is 53.4 Å². The normalized spacial score (nSPS) is 15.8. The first-order chi connectivity index (χ1) is 50.1. The molecule has 0 bridgehead atoms. The zero-order valence-corrected chi connectivity index (χ0v) is 54.1. The largest absolute Gasteiger partial charge is 0.208 e. The molecule has 2 aliphatic rings. The lowest BCUT2D eigenvalue weighted by Crippen LogP contribution is -2.64. The van der Waals surface area contributed by atoms with Crippen LogP contribution in [0.4, 0.5) is 176 Å². The monoisotopic (exact) mass is 1640 g/mol. The fraction of sp³-hybridized carbons (Fsp3) is 0.125. The summed E-state index contributed by atoms with van der Waals surface area (Å²) in [7, 11) is -13.2. The summed E-state index contributed by atoms with van der Waals surface area (Å²) in [4.78, 5) is 0. The second kappa shape index (κ2) is 28.7. The standard InChI is InChI=1S/2C32H12BF20P/c2*1-3-5-7-6-33(9-11(34)15(38)19(42)16(39)12(9)35,10-13(36)17(40)20(43)18(41)14(10)37)8(4-2)54(7,31-27(50)23(46)21(44)24(47)28(31)51)32-29(52)25(48)22(45)26(49)30(32)53/h2*4,6H,3,5H2,1-2H3/b2*8-4-. The highest BCUT2D eigenvalue weighted by atomic mass is 31.2. The predicted molar refractivity (Wildman–Crippen MR) is 306 cm³/mol. The van der Waals surface area contributed by atoms with E-state index in [4.69, 9.17) is 0 Å². The molecule has 44 heteroatoms. The minimum atomic E-state index is -6.59. The van der Waals surface area contributed by atoms with E-state index in [9.17, 15) is 70.2 Å². The maximum absolute atomic E-state index is 16.1. The number of rotatable bonds is 12. The van der Waals surface area contributed by atoms with Crippen LogP contribution in [0.15, 0.2) is 45.2 Å². The zero-order chi connectivity index (χ0) is 81.7. The maximum atomic E-state index is 16.1. The van der Waals surface area contributed by atoms with Gasteiger partial charge in [-0.25, -0.2) is 140 Å². The first-order valence-electron chi connectivity index (χ1n) is 29.2. The third-order valence-electron chi connectivity index (χ3n) is 17.9. The van der Waals surface area contributed by atoms with Crippen LogP contribution >= 0.6 is 14.5 Å². The quantitative estimate of drug-likeness (QED) is 0.0376. The summed E-state index contributed by atoms with van der Waals surface area (Å²) in [5.74, 6) is -125. The third kappa shape index (κ3) is 10.8. The lowest BCUT2D eigenvalue weighted by atomic mass is 9.18. The topological polar surface area (TPSA) is 0 Å². The SMILES string of the molecule is C/C=C1/[B-](c2c(F)c(F)c(F)c(F)c2F)(c2c(F)c(F)c(F)c(F)c2F)C=C(CCC)[P+]1(c1c(F)c(F)c(F)c(F)c1F)c1c(F)c(F)c(F)c(F)c1F.C/C=C1/[B-](c2c(F)c(F)c(F)c(F)c2F)(c2c(F)c(F)c(F)c(F)c2F)C=C(CCC)[P+]1(c1c(F)c(F)c(F)c(F)c1F)c1c(F)c(F)c(F)c(F)c1F. The lowest BCUT2D eigenvalue weighted by molar-refractivity contribution is 0.381. The number of allylic oxidation sites excluding steroid dienone is 4. The van der Waals surface area contributed by atoms with Crippen LogP contribution in [0.5, 0.6) is 0 Å². The molecule has 108 heavy (non-hydrogen) atoms. The molecule has 0 aromatic heterocycles. The van der Waals surface area contributed by atoms with Crippen LogP contribution < -0.4 is 43.1 Å². The summed E-state index contributed by atoms with van der Waals surface area (Å²) in [6.45, 7) is 2.76. The summed E-state index contributed by atoms with van der Waals surface area (Å²) in [6.07, 6.45) is -15.3. The van der Waals surface area contributed by atoms with E-state index in [0.717, 1.165) is 13.8 Å². The van der Waals surface area contributed by atoms with Gasteiger partial charge in [0.15, 0.2) is 103 Å². The van der Waals surface area contributed by atoms with E-state index in [0.29, 0.717) is 13.8 Å². The Morgan fingerprint density at radius 2 is 0.324 bits per heavy atom. The Balaban J connectivity index is 0.000000249. The lowest BCUT2D eigenvalue weighted by Gasteiger charge is -2.41. The zero-order valence-electron chi connectivity index (χ0n) is 52.3. The smallest absolute Gasteiger partial charge is 0.207 e. The molecule has 2 heterocycles. The van der Waals surface area contributed by atoms with Gasteiger partial charge in [0, 0.05) is 23.5 Å². The van der Waals surface area contributed by atoms with E-state index in [2.05, 4.69) is 0 Å². The molecule has 0 spiro atoms. The molecule has 0 atom stereocenters. The van der Waals surface area contributed by atoms with E-state index >= 15 is 105 Å². The Morgan fingerprint density at radius 1 is 0.204 bits per heavy atom. The molecule has 2 aliphatic heterocycles. The van der Waals surface area contributed by atoms with Crippen molar-refractivity contribution in [2.75, 3.05) is 0 Å². The molecule has 0 fully saturated rings. The Labute approximate surface area is 575 Å². The molecule has 0 radical (unpaired) electrons. The van der Waals surface area contributed by atoms with Crippen LogP contribution in [-0.2, 0) is 0 Å². The molecule has 576 valence electrons. The molecule has 8 aromatic carbocycles. The summed E-state index contributed by atoms with van der Waals surface area (Å²) in [5.41, 5.74) is -10.8. The van der Waals surface area contributed by atoms with Crippen LogP contribution in [0.3, 0.4) is 0 Å². The summed E-state index contributed by atoms with van der Waals surface area (Å²) in [5, 5.41) is -17.7. The maximum Gasteiger partial charge on any atom is 0.208 e. The number of benzene rings is 8. The fourth-order valence-corrected chi connectivity index (χ4v) is 25.1. The van der Waals surface area contributed by atoms with Crippen molar-refractivity contribution >= 4 is 69.9 Å². The highest BCUT2D eigenvalue weighted by molar-refractivity contribution is 8.00. The van der Waals surface area contributed by atoms with E-state index in [1.165, 1.54) is 0 Å². The average Bonchev–Trinajstić information content (AvgIpc) is 1.49. The molecular formula is C64H24B2F40P2. The molecule has 0 unspecified atom stereocenters. The fourth-order valence-electron chi connectivity index (χ4n) is 14.0. The minimum absolute atomic E-state index is 0.0148. The Bertz CT molecular complexity index is 4590. The van der Waals surface area contributed by atoms with Crippen molar-refractivity contribution in [1.29, 1.82) is 0 Å². The van der Waals surface area contributed by atoms with Crippen LogP contribution in [0.2, 0.25) is 0 Å². The van der Waals surface area contributed by atoms with Crippen LogP contribution in [0.25, 0.3) is 0 Å². The third-order valence-corrected chi connectivity index (χ3v) is 27.5. The van der Waals surface area contributed by atoms with Crippen LogP contribution in [-0.4, -0.2) is 12.3 Å². The van der Waals surface area contributed by atoms with E-state index in [1.54, 1.807) is 0 Å². The predicted octanol–water partition coefficient (Wildman–Crippen LogP) is 18.8.